The van der Waals surface area contributed by atoms with Crippen molar-refractivity contribution in [3.63, 3.8) is 0 Å². The maximum atomic E-state index is 6.90. The van der Waals surface area contributed by atoms with Crippen LogP contribution in [0.2, 0.25) is 0 Å². The lowest BCUT2D eigenvalue weighted by atomic mass is 10.2. The molecule has 0 radical (unpaired) electrons. The van der Waals surface area contributed by atoms with Crippen LogP contribution in [0, 0.1) is 5.41 Å². The first-order valence-corrected chi connectivity index (χ1v) is 2.95. The standard InChI is InChI=1S/C7H10N2/c1-6-2-3-7(4-8)5-9-6/h2-4,8-9H,5H2,1H3. The van der Waals surface area contributed by atoms with Crippen molar-refractivity contribution >= 4 is 6.21 Å². The third-order valence-corrected chi connectivity index (χ3v) is 1.30. The second-order valence-corrected chi connectivity index (χ2v) is 2.09. The molecular formula is C7H10N2. The summed E-state index contributed by atoms with van der Waals surface area (Å²) < 4.78 is 0. The number of allylic oxidation sites excluding steroid dienone is 3. The zero-order valence-electron chi connectivity index (χ0n) is 5.44. The van der Waals surface area contributed by atoms with Crippen LogP contribution in [0.25, 0.3) is 0 Å². The van der Waals surface area contributed by atoms with E-state index in [0.29, 0.717) is 0 Å². The Labute approximate surface area is 54.8 Å². The second kappa shape index (κ2) is 2.49. The van der Waals surface area contributed by atoms with Crippen molar-refractivity contribution in [2.24, 2.45) is 0 Å². The van der Waals surface area contributed by atoms with Crippen LogP contribution in [0.15, 0.2) is 23.4 Å². The molecule has 0 aromatic rings. The highest BCUT2D eigenvalue weighted by Crippen LogP contribution is 1.99. The van der Waals surface area contributed by atoms with Gasteiger partial charge >= 0.3 is 0 Å². The molecule has 1 rings (SSSR count). The Bertz CT molecular complexity index is 177. The molecule has 2 heteroatoms. The summed E-state index contributed by atoms with van der Waals surface area (Å²) in [5, 5.41) is 10.0. The highest BCUT2D eigenvalue weighted by molar-refractivity contribution is 5.77. The summed E-state index contributed by atoms with van der Waals surface area (Å²) in [4.78, 5) is 0. The van der Waals surface area contributed by atoms with Crippen molar-refractivity contribution in [1.82, 2.24) is 5.32 Å². The largest absolute Gasteiger partial charge is 0.384 e. The van der Waals surface area contributed by atoms with E-state index in [1.807, 2.05) is 19.1 Å². The van der Waals surface area contributed by atoms with Crippen LogP contribution in [0.3, 0.4) is 0 Å². The van der Waals surface area contributed by atoms with Gasteiger partial charge in [-0.25, -0.2) is 0 Å². The molecule has 0 amide bonds. The molecule has 9 heavy (non-hydrogen) atoms. The SMILES string of the molecule is CC1=CC=C(C=N)CN1. The summed E-state index contributed by atoms with van der Waals surface area (Å²) in [6.45, 7) is 2.81. The summed E-state index contributed by atoms with van der Waals surface area (Å²) in [7, 11) is 0. The minimum Gasteiger partial charge on any atom is -0.384 e. The van der Waals surface area contributed by atoms with Gasteiger partial charge in [-0.3, -0.25) is 0 Å². The Morgan fingerprint density at radius 1 is 1.67 bits per heavy atom. The van der Waals surface area contributed by atoms with Crippen LogP contribution in [-0.2, 0) is 0 Å². The van der Waals surface area contributed by atoms with Crippen molar-refractivity contribution < 1.29 is 0 Å². The van der Waals surface area contributed by atoms with Crippen molar-refractivity contribution in [2.75, 3.05) is 6.54 Å². The van der Waals surface area contributed by atoms with Gasteiger partial charge in [-0.15, -0.1) is 0 Å². The Morgan fingerprint density at radius 2 is 2.44 bits per heavy atom. The molecule has 2 N–H and O–H groups in total. The van der Waals surface area contributed by atoms with Crippen LogP contribution >= 0.6 is 0 Å². The fraction of sp³-hybridized carbons (Fsp3) is 0.286. The lowest BCUT2D eigenvalue weighted by Crippen LogP contribution is -2.17. The van der Waals surface area contributed by atoms with Gasteiger partial charge in [0, 0.05) is 18.5 Å². The molecule has 0 unspecified atom stereocenters. The summed E-state index contributed by atoms with van der Waals surface area (Å²) in [5.41, 5.74) is 2.20. The Morgan fingerprint density at radius 3 is 2.89 bits per heavy atom. The number of dihydropyridines is 1. The lowest BCUT2D eigenvalue weighted by molar-refractivity contribution is 0.876. The van der Waals surface area contributed by atoms with Crippen molar-refractivity contribution in [1.29, 1.82) is 5.41 Å². The van der Waals surface area contributed by atoms with Gasteiger partial charge in [-0.2, -0.15) is 0 Å². The summed E-state index contributed by atoms with van der Waals surface area (Å²) in [5.74, 6) is 0. The molecule has 1 heterocycles. The molecule has 0 saturated heterocycles. The highest BCUT2D eigenvalue weighted by atomic mass is 14.9. The summed E-state index contributed by atoms with van der Waals surface area (Å²) in [6.07, 6.45) is 5.30. The quantitative estimate of drug-likeness (QED) is 0.501. The van der Waals surface area contributed by atoms with Gasteiger partial charge in [0.25, 0.3) is 0 Å². The van der Waals surface area contributed by atoms with E-state index in [9.17, 15) is 0 Å². The molecule has 0 aromatic carbocycles. The first-order valence-electron chi connectivity index (χ1n) is 2.95. The molecule has 1 aliphatic rings. The average Bonchev–Trinajstić information content (AvgIpc) is 1.90. The van der Waals surface area contributed by atoms with Crippen LogP contribution in [0.5, 0.6) is 0 Å². The van der Waals surface area contributed by atoms with Crippen molar-refractivity contribution in [2.45, 2.75) is 6.92 Å². The fourth-order valence-electron chi connectivity index (χ4n) is 0.691. The van der Waals surface area contributed by atoms with E-state index in [1.54, 1.807) is 0 Å². The van der Waals surface area contributed by atoms with E-state index in [1.165, 1.54) is 11.9 Å². The average molecular weight is 122 g/mol. The molecule has 0 aliphatic carbocycles. The first-order chi connectivity index (χ1) is 4.33. The van der Waals surface area contributed by atoms with Gasteiger partial charge in [0.15, 0.2) is 0 Å². The van der Waals surface area contributed by atoms with Gasteiger partial charge in [0.2, 0.25) is 0 Å². The van der Waals surface area contributed by atoms with E-state index >= 15 is 0 Å². The van der Waals surface area contributed by atoms with Crippen LogP contribution < -0.4 is 5.32 Å². The number of rotatable bonds is 1. The summed E-state index contributed by atoms with van der Waals surface area (Å²) in [6, 6.07) is 0. The van der Waals surface area contributed by atoms with Crippen molar-refractivity contribution in [3.8, 4) is 0 Å². The molecule has 0 spiro atoms. The van der Waals surface area contributed by atoms with E-state index in [2.05, 4.69) is 5.32 Å². The minimum absolute atomic E-state index is 0.797. The molecule has 0 fully saturated rings. The molecule has 0 saturated carbocycles. The number of hydrogen-bond donors (Lipinski definition) is 2. The van der Waals surface area contributed by atoms with Gasteiger partial charge in [0.05, 0.1) is 0 Å². The predicted octanol–water partition coefficient (Wildman–Crippen LogP) is 1.07. The van der Waals surface area contributed by atoms with Crippen LogP contribution in [-0.4, -0.2) is 12.8 Å². The maximum Gasteiger partial charge on any atom is 0.0412 e. The third-order valence-electron chi connectivity index (χ3n) is 1.30. The second-order valence-electron chi connectivity index (χ2n) is 2.09. The Balaban J connectivity index is 2.69. The van der Waals surface area contributed by atoms with E-state index in [-0.39, 0.29) is 0 Å². The zero-order chi connectivity index (χ0) is 6.69. The van der Waals surface area contributed by atoms with E-state index in [0.717, 1.165) is 12.1 Å². The van der Waals surface area contributed by atoms with Crippen molar-refractivity contribution in [3.05, 3.63) is 23.4 Å². The van der Waals surface area contributed by atoms with Crippen LogP contribution in [0.1, 0.15) is 6.92 Å². The Kier molecular flexibility index (Phi) is 1.68. The van der Waals surface area contributed by atoms with Gasteiger partial charge in [-0.05, 0) is 18.6 Å². The molecule has 48 valence electrons. The molecule has 0 atom stereocenters. The highest BCUT2D eigenvalue weighted by Gasteiger charge is 1.96. The van der Waals surface area contributed by atoms with E-state index in [4.69, 9.17) is 5.41 Å². The fourth-order valence-corrected chi connectivity index (χ4v) is 0.691. The monoisotopic (exact) mass is 122 g/mol. The number of hydrogen-bond acceptors (Lipinski definition) is 2. The Hall–Kier alpha value is -1.05. The molecule has 1 aliphatic heterocycles. The van der Waals surface area contributed by atoms with E-state index < -0.39 is 0 Å². The smallest absolute Gasteiger partial charge is 0.0412 e. The van der Waals surface area contributed by atoms with Gasteiger partial charge in [0.1, 0.15) is 0 Å². The van der Waals surface area contributed by atoms with Gasteiger partial charge in [-0.1, -0.05) is 6.08 Å². The van der Waals surface area contributed by atoms with Crippen LogP contribution in [0.4, 0.5) is 0 Å². The topological polar surface area (TPSA) is 35.9 Å². The molecule has 2 nitrogen and oxygen atoms in total. The first kappa shape index (κ1) is 6.08. The maximum absolute atomic E-state index is 6.90. The zero-order valence-corrected chi connectivity index (χ0v) is 5.44. The van der Waals surface area contributed by atoms with Gasteiger partial charge < -0.3 is 10.7 Å². The number of nitrogens with one attached hydrogen (secondary N) is 2. The molecule has 0 bridgehead atoms. The minimum atomic E-state index is 0.797. The molecular weight excluding hydrogens is 112 g/mol. The summed E-state index contributed by atoms with van der Waals surface area (Å²) >= 11 is 0. The third kappa shape index (κ3) is 1.42. The molecule has 0 aromatic heterocycles. The lowest BCUT2D eigenvalue weighted by Gasteiger charge is -2.09. The predicted molar refractivity (Wildman–Crippen MR) is 38.6 cm³/mol. The normalized spacial score (nSPS) is 17.4.